The molecule has 0 spiro atoms. The molecule has 1 atom stereocenters. The first-order valence-corrected chi connectivity index (χ1v) is 6.12. The van der Waals surface area contributed by atoms with Gasteiger partial charge in [-0.05, 0) is 32.2 Å². The van der Waals surface area contributed by atoms with Gasteiger partial charge in [-0.1, -0.05) is 13.0 Å². The third kappa shape index (κ3) is 6.84. The molecule has 0 amide bonds. The van der Waals surface area contributed by atoms with E-state index in [0.717, 1.165) is 0 Å². The maximum Gasteiger partial charge on any atom is 0.401 e. The number of nitrogens with one attached hydrogen (secondary N) is 1. The van der Waals surface area contributed by atoms with Gasteiger partial charge in [-0.2, -0.15) is 26.3 Å². The second kappa shape index (κ2) is 7.77. The van der Waals surface area contributed by atoms with Gasteiger partial charge in [-0.3, -0.25) is 0 Å². The van der Waals surface area contributed by atoms with Crippen molar-refractivity contribution in [2.45, 2.75) is 51.0 Å². The fourth-order valence-electron chi connectivity index (χ4n) is 1.84. The number of rotatable bonds is 8. The second-order valence-electron chi connectivity index (χ2n) is 4.34. The van der Waals surface area contributed by atoms with Gasteiger partial charge >= 0.3 is 12.4 Å². The van der Waals surface area contributed by atoms with Gasteiger partial charge in [-0.25, -0.2) is 0 Å². The molecule has 0 aliphatic carbocycles. The first-order valence-electron chi connectivity index (χ1n) is 6.12. The fraction of sp³-hybridized carbons (Fsp3) is 0.833. The van der Waals surface area contributed by atoms with E-state index in [1.165, 1.54) is 6.08 Å². The van der Waals surface area contributed by atoms with E-state index in [1.807, 2.05) is 0 Å². The van der Waals surface area contributed by atoms with Crippen LogP contribution in [0.15, 0.2) is 12.7 Å². The molecule has 19 heavy (non-hydrogen) atoms. The Morgan fingerprint density at radius 3 is 2.00 bits per heavy atom. The molecule has 7 heteroatoms. The highest BCUT2D eigenvalue weighted by Crippen LogP contribution is 2.42. The third-order valence-electron chi connectivity index (χ3n) is 2.69. The second-order valence-corrected chi connectivity index (χ2v) is 4.34. The van der Waals surface area contributed by atoms with E-state index in [9.17, 15) is 26.3 Å². The zero-order valence-electron chi connectivity index (χ0n) is 10.7. The number of halogens is 6. The van der Waals surface area contributed by atoms with Crippen molar-refractivity contribution in [3.05, 3.63) is 12.7 Å². The van der Waals surface area contributed by atoms with Crippen LogP contribution in [0.1, 0.15) is 32.6 Å². The summed E-state index contributed by atoms with van der Waals surface area (Å²) in [7, 11) is 0. The Balaban J connectivity index is 4.95. The van der Waals surface area contributed by atoms with E-state index in [2.05, 4.69) is 11.9 Å². The minimum atomic E-state index is -5.29. The lowest BCUT2D eigenvalue weighted by molar-refractivity contribution is -0.292. The number of alkyl halides is 6. The van der Waals surface area contributed by atoms with E-state index in [0.29, 0.717) is 12.8 Å². The molecular formula is C12H19F6N. The van der Waals surface area contributed by atoms with Crippen LogP contribution >= 0.6 is 0 Å². The number of allylic oxidation sites excluding steroid dienone is 1. The molecule has 0 aliphatic heterocycles. The van der Waals surface area contributed by atoms with Gasteiger partial charge in [-0.15, -0.1) is 6.58 Å². The summed E-state index contributed by atoms with van der Waals surface area (Å²) in [6, 6.07) is -1.64. The Morgan fingerprint density at radius 1 is 1.11 bits per heavy atom. The zero-order valence-corrected chi connectivity index (χ0v) is 10.7. The van der Waals surface area contributed by atoms with E-state index in [-0.39, 0.29) is 19.4 Å². The summed E-state index contributed by atoms with van der Waals surface area (Å²) in [4.78, 5) is 0. The Morgan fingerprint density at radius 2 is 1.63 bits per heavy atom. The summed E-state index contributed by atoms with van der Waals surface area (Å²) in [6.45, 7) is 5.21. The highest BCUT2D eigenvalue weighted by atomic mass is 19.4. The smallest absolute Gasteiger partial charge is 0.313 e. The molecule has 0 aromatic heterocycles. The average molecular weight is 291 g/mol. The summed E-state index contributed by atoms with van der Waals surface area (Å²) in [5.74, 6) is -3.32. The molecule has 0 saturated carbocycles. The Bertz CT molecular complexity index is 244. The van der Waals surface area contributed by atoms with Crippen molar-refractivity contribution in [1.82, 2.24) is 5.32 Å². The predicted molar refractivity (Wildman–Crippen MR) is 61.7 cm³/mol. The van der Waals surface area contributed by atoms with Gasteiger partial charge in [0.2, 0.25) is 0 Å². The molecule has 1 unspecified atom stereocenters. The van der Waals surface area contributed by atoms with E-state index in [1.54, 1.807) is 6.92 Å². The van der Waals surface area contributed by atoms with Crippen LogP contribution in [-0.4, -0.2) is 24.9 Å². The zero-order chi connectivity index (χ0) is 15.1. The quantitative estimate of drug-likeness (QED) is 0.396. The van der Waals surface area contributed by atoms with Crippen molar-refractivity contribution >= 4 is 0 Å². The highest BCUT2D eigenvalue weighted by molar-refractivity contribution is 4.87. The van der Waals surface area contributed by atoms with Gasteiger partial charge in [0.15, 0.2) is 5.92 Å². The van der Waals surface area contributed by atoms with Crippen LogP contribution in [0.3, 0.4) is 0 Å². The predicted octanol–water partition coefficient (Wildman–Crippen LogP) is 4.45. The monoisotopic (exact) mass is 291 g/mol. The first-order chi connectivity index (χ1) is 8.64. The third-order valence-corrected chi connectivity index (χ3v) is 2.69. The Hall–Kier alpha value is -0.720. The summed E-state index contributed by atoms with van der Waals surface area (Å²) >= 11 is 0. The lowest BCUT2D eigenvalue weighted by atomic mass is 9.93. The SMILES string of the molecule is C=CCCCC(NCCC)C(C(F)(F)F)C(F)(F)F. The van der Waals surface area contributed by atoms with Crippen LogP contribution in [0.4, 0.5) is 26.3 Å². The van der Waals surface area contributed by atoms with Gasteiger partial charge < -0.3 is 5.32 Å². The largest absolute Gasteiger partial charge is 0.401 e. The van der Waals surface area contributed by atoms with Crippen LogP contribution in [0.5, 0.6) is 0 Å². The molecular weight excluding hydrogens is 272 g/mol. The fourth-order valence-corrected chi connectivity index (χ4v) is 1.84. The molecule has 0 aliphatic rings. The highest BCUT2D eigenvalue weighted by Gasteiger charge is 2.59. The number of unbranched alkanes of at least 4 members (excludes halogenated alkanes) is 1. The van der Waals surface area contributed by atoms with Crippen LogP contribution in [0, 0.1) is 5.92 Å². The summed E-state index contributed by atoms with van der Waals surface area (Å²) in [6.07, 6.45) is -8.18. The molecule has 0 radical (unpaired) electrons. The average Bonchev–Trinajstić information content (AvgIpc) is 2.21. The van der Waals surface area contributed by atoms with Crippen molar-refractivity contribution in [2.75, 3.05) is 6.54 Å². The topological polar surface area (TPSA) is 12.0 Å². The molecule has 0 heterocycles. The van der Waals surface area contributed by atoms with Crippen molar-refractivity contribution in [2.24, 2.45) is 5.92 Å². The van der Waals surface area contributed by atoms with Crippen LogP contribution in [0.25, 0.3) is 0 Å². The molecule has 0 rings (SSSR count). The van der Waals surface area contributed by atoms with Gasteiger partial charge in [0.05, 0.1) is 0 Å². The van der Waals surface area contributed by atoms with Crippen molar-refractivity contribution in [3.8, 4) is 0 Å². The summed E-state index contributed by atoms with van der Waals surface area (Å²) < 4.78 is 75.7. The Kier molecular flexibility index (Phi) is 7.47. The van der Waals surface area contributed by atoms with E-state index in [4.69, 9.17) is 0 Å². The lowest BCUT2D eigenvalue weighted by Crippen LogP contribution is -2.51. The molecule has 0 fully saturated rings. The first kappa shape index (κ1) is 18.3. The van der Waals surface area contributed by atoms with E-state index < -0.39 is 24.3 Å². The number of hydrogen-bond donors (Lipinski definition) is 1. The Labute approximate surface area is 109 Å². The van der Waals surface area contributed by atoms with Crippen LogP contribution < -0.4 is 5.32 Å². The van der Waals surface area contributed by atoms with E-state index >= 15 is 0 Å². The lowest BCUT2D eigenvalue weighted by Gasteiger charge is -2.31. The molecule has 0 saturated heterocycles. The van der Waals surface area contributed by atoms with Crippen molar-refractivity contribution < 1.29 is 26.3 Å². The molecule has 0 aromatic carbocycles. The normalized spacial score (nSPS) is 14.7. The van der Waals surface area contributed by atoms with Gasteiger partial charge in [0.25, 0.3) is 0 Å². The van der Waals surface area contributed by atoms with Gasteiger partial charge in [0.1, 0.15) is 0 Å². The minimum Gasteiger partial charge on any atom is -0.313 e. The molecule has 1 nitrogen and oxygen atoms in total. The van der Waals surface area contributed by atoms with Crippen molar-refractivity contribution in [3.63, 3.8) is 0 Å². The van der Waals surface area contributed by atoms with Crippen LogP contribution in [0.2, 0.25) is 0 Å². The van der Waals surface area contributed by atoms with Crippen molar-refractivity contribution in [1.29, 1.82) is 0 Å². The minimum absolute atomic E-state index is 0.126. The maximum absolute atomic E-state index is 12.6. The molecule has 0 bridgehead atoms. The summed E-state index contributed by atoms with van der Waals surface area (Å²) in [5.41, 5.74) is 0. The molecule has 114 valence electrons. The molecule has 1 N–H and O–H groups in total. The maximum atomic E-state index is 12.6. The standard InChI is InChI=1S/C12H19F6N/c1-3-5-6-7-9(19-8-4-2)10(11(13,14)15)12(16,17)18/h3,9-10,19H,1,4-8H2,2H3. The van der Waals surface area contributed by atoms with Crippen LogP contribution in [-0.2, 0) is 0 Å². The number of hydrogen-bond acceptors (Lipinski definition) is 1. The van der Waals surface area contributed by atoms with Gasteiger partial charge in [0, 0.05) is 6.04 Å². The summed E-state index contributed by atoms with van der Waals surface area (Å²) in [5, 5.41) is 2.37. The molecule has 0 aromatic rings.